The van der Waals surface area contributed by atoms with E-state index in [0.29, 0.717) is 13.1 Å². The Morgan fingerprint density at radius 2 is 2.00 bits per heavy atom. The van der Waals surface area contributed by atoms with Crippen LogP contribution in [0.5, 0.6) is 0 Å². The Kier molecular flexibility index (Phi) is 5.43. The Balaban J connectivity index is 2.66. The van der Waals surface area contributed by atoms with Crippen LogP contribution < -0.4 is 5.32 Å². The molecular weight excluding hydrogens is 280 g/mol. The number of amides is 1. The number of sulfonamides is 1. The van der Waals surface area contributed by atoms with Crippen molar-refractivity contribution in [1.82, 2.24) is 9.62 Å². The second-order valence-electron chi connectivity index (χ2n) is 6.28. The highest BCUT2D eigenvalue weighted by molar-refractivity contribution is 7.89. The normalized spacial score (nSPS) is 25.2. The molecule has 1 saturated heterocycles. The predicted molar refractivity (Wildman–Crippen MR) is 78.0 cm³/mol. The molecule has 1 aliphatic heterocycles. The lowest BCUT2D eigenvalue weighted by Crippen LogP contribution is -2.54. The van der Waals surface area contributed by atoms with Gasteiger partial charge in [0.2, 0.25) is 10.0 Å². The minimum atomic E-state index is -3.21. The molecule has 0 saturated carbocycles. The molecule has 1 heterocycles. The third-order valence-electron chi connectivity index (χ3n) is 3.38. The summed E-state index contributed by atoms with van der Waals surface area (Å²) in [7, 11) is -3.21. The van der Waals surface area contributed by atoms with Crippen molar-refractivity contribution in [3.05, 3.63) is 0 Å². The third-order valence-corrected chi connectivity index (χ3v) is 5.23. The maximum absolute atomic E-state index is 11.9. The molecule has 2 atom stereocenters. The molecule has 1 rings (SSSR count). The summed E-state index contributed by atoms with van der Waals surface area (Å²) in [6, 6.07) is -0.208. The zero-order valence-corrected chi connectivity index (χ0v) is 13.8. The van der Waals surface area contributed by atoms with Gasteiger partial charge in [-0.05, 0) is 40.0 Å². The first-order chi connectivity index (χ1) is 9.05. The Hall–Kier alpha value is -0.820. The van der Waals surface area contributed by atoms with Crippen molar-refractivity contribution >= 4 is 16.1 Å². The van der Waals surface area contributed by atoms with E-state index in [1.807, 2.05) is 6.92 Å². The minimum absolute atomic E-state index is 0.0839. The zero-order chi connectivity index (χ0) is 15.6. The summed E-state index contributed by atoms with van der Waals surface area (Å²) in [6.45, 7) is 9.86. The number of carbonyl (C=O) groups is 1. The van der Waals surface area contributed by atoms with E-state index in [9.17, 15) is 13.2 Å². The Morgan fingerprint density at radius 3 is 2.50 bits per heavy atom. The molecule has 0 radical (unpaired) electrons. The van der Waals surface area contributed by atoms with Crippen LogP contribution >= 0.6 is 0 Å². The van der Waals surface area contributed by atoms with Crippen LogP contribution in [0.15, 0.2) is 0 Å². The van der Waals surface area contributed by atoms with Gasteiger partial charge in [0.1, 0.15) is 5.60 Å². The first-order valence-electron chi connectivity index (χ1n) is 7.02. The van der Waals surface area contributed by atoms with Gasteiger partial charge in [-0.2, -0.15) is 4.31 Å². The second-order valence-corrected chi connectivity index (χ2v) is 8.53. The molecule has 1 amide bonds. The monoisotopic (exact) mass is 306 g/mol. The molecule has 6 nitrogen and oxygen atoms in total. The highest BCUT2D eigenvalue weighted by Crippen LogP contribution is 2.20. The maximum atomic E-state index is 11.9. The van der Waals surface area contributed by atoms with Crippen LogP contribution in [0.2, 0.25) is 0 Å². The van der Waals surface area contributed by atoms with Crippen molar-refractivity contribution in [3.63, 3.8) is 0 Å². The standard InChI is InChI=1S/C13H26N2O4S/c1-6-20(17,18)15-8-7-10(2)11(9-15)14-12(16)19-13(3,4)5/h10-11H,6-9H2,1-5H3,(H,14,16). The highest BCUT2D eigenvalue weighted by atomic mass is 32.2. The molecule has 0 bridgehead atoms. The molecule has 0 aromatic heterocycles. The van der Waals surface area contributed by atoms with E-state index in [-0.39, 0.29) is 17.7 Å². The molecule has 0 aromatic rings. The van der Waals surface area contributed by atoms with E-state index in [2.05, 4.69) is 5.32 Å². The summed E-state index contributed by atoms with van der Waals surface area (Å²) in [4.78, 5) is 11.8. The number of rotatable bonds is 3. The molecular formula is C13H26N2O4S. The van der Waals surface area contributed by atoms with E-state index in [4.69, 9.17) is 4.74 Å². The quantitative estimate of drug-likeness (QED) is 0.859. The van der Waals surface area contributed by atoms with Crippen molar-refractivity contribution in [2.75, 3.05) is 18.8 Å². The van der Waals surface area contributed by atoms with Crippen LogP contribution in [0.3, 0.4) is 0 Å². The van der Waals surface area contributed by atoms with E-state index in [1.54, 1.807) is 27.7 Å². The fourth-order valence-electron chi connectivity index (χ4n) is 2.12. The largest absolute Gasteiger partial charge is 0.444 e. The second kappa shape index (κ2) is 6.30. The first-order valence-corrected chi connectivity index (χ1v) is 8.63. The van der Waals surface area contributed by atoms with Gasteiger partial charge in [0, 0.05) is 19.1 Å². The topological polar surface area (TPSA) is 75.7 Å². The molecule has 0 spiro atoms. The van der Waals surface area contributed by atoms with Crippen LogP contribution in [0.4, 0.5) is 4.79 Å². The summed E-state index contributed by atoms with van der Waals surface area (Å²) in [5, 5.41) is 2.78. The van der Waals surface area contributed by atoms with E-state index in [1.165, 1.54) is 4.31 Å². The lowest BCUT2D eigenvalue weighted by molar-refractivity contribution is 0.0463. The highest BCUT2D eigenvalue weighted by Gasteiger charge is 2.33. The van der Waals surface area contributed by atoms with Gasteiger partial charge in [-0.25, -0.2) is 13.2 Å². The lowest BCUT2D eigenvalue weighted by atomic mass is 9.95. The van der Waals surface area contributed by atoms with Crippen molar-refractivity contribution in [3.8, 4) is 0 Å². The molecule has 1 aliphatic rings. The summed E-state index contributed by atoms with van der Waals surface area (Å²) >= 11 is 0. The Labute approximate surface area is 121 Å². The number of nitrogens with one attached hydrogen (secondary N) is 1. The number of hydrogen-bond donors (Lipinski definition) is 1. The van der Waals surface area contributed by atoms with Crippen LogP contribution in [-0.2, 0) is 14.8 Å². The van der Waals surface area contributed by atoms with Gasteiger partial charge in [0.05, 0.1) is 5.75 Å². The predicted octanol–water partition coefficient (Wildman–Crippen LogP) is 1.57. The smallest absolute Gasteiger partial charge is 0.407 e. The van der Waals surface area contributed by atoms with Gasteiger partial charge in [0.25, 0.3) is 0 Å². The minimum Gasteiger partial charge on any atom is -0.444 e. The van der Waals surface area contributed by atoms with E-state index < -0.39 is 21.7 Å². The summed E-state index contributed by atoms with van der Waals surface area (Å²) in [5.74, 6) is 0.311. The van der Waals surface area contributed by atoms with Crippen LogP contribution in [0, 0.1) is 5.92 Å². The molecule has 1 fully saturated rings. The number of carbonyl (C=O) groups excluding carboxylic acids is 1. The lowest BCUT2D eigenvalue weighted by Gasteiger charge is -2.36. The van der Waals surface area contributed by atoms with Gasteiger partial charge >= 0.3 is 6.09 Å². The molecule has 7 heteroatoms. The molecule has 20 heavy (non-hydrogen) atoms. The van der Waals surface area contributed by atoms with Crippen molar-refractivity contribution < 1.29 is 17.9 Å². The van der Waals surface area contributed by atoms with Gasteiger partial charge < -0.3 is 10.1 Å². The summed E-state index contributed by atoms with van der Waals surface area (Å²) in [6.07, 6.45) is 0.241. The number of ether oxygens (including phenoxy) is 1. The van der Waals surface area contributed by atoms with Gasteiger partial charge in [-0.3, -0.25) is 0 Å². The molecule has 2 unspecified atom stereocenters. The summed E-state index contributed by atoms with van der Waals surface area (Å²) in [5.41, 5.74) is -0.558. The van der Waals surface area contributed by atoms with Crippen molar-refractivity contribution in [2.45, 2.75) is 52.7 Å². The third kappa shape index (κ3) is 4.94. The number of piperidine rings is 1. The van der Waals surface area contributed by atoms with Crippen molar-refractivity contribution in [1.29, 1.82) is 0 Å². The SMILES string of the molecule is CCS(=O)(=O)N1CCC(C)C(NC(=O)OC(C)(C)C)C1. The molecule has 0 aromatic carbocycles. The zero-order valence-electron chi connectivity index (χ0n) is 13.0. The van der Waals surface area contributed by atoms with Crippen LogP contribution in [0.25, 0.3) is 0 Å². The number of alkyl carbamates (subject to hydrolysis) is 1. The van der Waals surface area contributed by atoms with E-state index >= 15 is 0 Å². The average Bonchev–Trinajstić information content (AvgIpc) is 2.29. The van der Waals surface area contributed by atoms with Gasteiger partial charge in [-0.15, -0.1) is 0 Å². The molecule has 0 aliphatic carbocycles. The van der Waals surface area contributed by atoms with Crippen molar-refractivity contribution in [2.24, 2.45) is 5.92 Å². The molecule has 118 valence electrons. The Morgan fingerprint density at radius 1 is 1.40 bits per heavy atom. The first kappa shape index (κ1) is 17.2. The van der Waals surface area contributed by atoms with Crippen LogP contribution in [0.1, 0.15) is 41.0 Å². The Bertz CT molecular complexity index is 442. The number of nitrogens with zero attached hydrogens (tertiary/aromatic N) is 1. The fourth-order valence-corrected chi connectivity index (χ4v) is 3.26. The average molecular weight is 306 g/mol. The fraction of sp³-hybridized carbons (Fsp3) is 0.923. The van der Waals surface area contributed by atoms with Gasteiger partial charge in [0.15, 0.2) is 0 Å². The van der Waals surface area contributed by atoms with E-state index in [0.717, 1.165) is 6.42 Å². The van der Waals surface area contributed by atoms with Crippen LogP contribution in [-0.4, -0.2) is 49.3 Å². The van der Waals surface area contributed by atoms with Gasteiger partial charge in [-0.1, -0.05) is 6.92 Å². The summed E-state index contributed by atoms with van der Waals surface area (Å²) < 4.78 is 30.5. The molecule has 1 N–H and O–H groups in total. The number of hydrogen-bond acceptors (Lipinski definition) is 4. The maximum Gasteiger partial charge on any atom is 0.407 e.